The molecule has 1 heterocycles. The smallest absolute Gasteiger partial charge is 0.217 e. The Kier molecular flexibility index (Phi) is 4.27. The minimum absolute atomic E-state index is 0.0604. The maximum atomic E-state index is 12.7. The van der Waals surface area contributed by atoms with Crippen LogP contribution in [0.5, 0.6) is 0 Å². The van der Waals surface area contributed by atoms with E-state index >= 15 is 0 Å². The van der Waals surface area contributed by atoms with Crippen LogP contribution in [0.3, 0.4) is 0 Å². The average Bonchev–Trinajstić information content (AvgIpc) is 2.91. The SMILES string of the molecule is Cc1c(S(=O)(=O)c2ccc(Br)cc2)nnn1-c1ccc(Cl)cc1. The van der Waals surface area contributed by atoms with Crippen molar-refractivity contribution in [3.63, 3.8) is 0 Å². The molecule has 0 bridgehead atoms. The van der Waals surface area contributed by atoms with Crippen molar-refractivity contribution in [2.45, 2.75) is 16.8 Å². The topological polar surface area (TPSA) is 64.8 Å². The van der Waals surface area contributed by atoms with Crippen molar-refractivity contribution in [3.8, 4) is 5.69 Å². The van der Waals surface area contributed by atoms with Crippen LogP contribution >= 0.6 is 27.5 Å². The second-order valence-electron chi connectivity index (χ2n) is 4.83. The van der Waals surface area contributed by atoms with Crippen molar-refractivity contribution in [3.05, 3.63) is 63.7 Å². The van der Waals surface area contributed by atoms with Crippen LogP contribution in [-0.4, -0.2) is 23.4 Å². The number of hydrogen-bond donors (Lipinski definition) is 0. The molecule has 0 N–H and O–H groups in total. The molecule has 0 aliphatic carbocycles. The molecule has 0 fully saturated rings. The van der Waals surface area contributed by atoms with Gasteiger partial charge in [-0.1, -0.05) is 32.7 Å². The van der Waals surface area contributed by atoms with Gasteiger partial charge in [0.1, 0.15) is 0 Å². The largest absolute Gasteiger partial charge is 0.227 e. The Labute approximate surface area is 147 Å². The summed E-state index contributed by atoms with van der Waals surface area (Å²) >= 11 is 9.15. The average molecular weight is 413 g/mol. The van der Waals surface area contributed by atoms with Gasteiger partial charge in [-0.3, -0.25) is 0 Å². The molecule has 0 radical (unpaired) electrons. The minimum atomic E-state index is -3.72. The van der Waals surface area contributed by atoms with Crippen LogP contribution in [0.25, 0.3) is 5.69 Å². The first-order chi connectivity index (χ1) is 10.9. The van der Waals surface area contributed by atoms with Gasteiger partial charge in [-0.05, 0) is 55.5 Å². The number of aromatic nitrogens is 3. The lowest BCUT2D eigenvalue weighted by atomic mass is 10.3. The van der Waals surface area contributed by atoms with Gasteiger partial charge in [-0.15, -0.1) is 5.10 Å². The van der Waals surface area contributed by atoms with Crippen molar-refractivity contribution < 1.29 is 8.42 Å². The highest BCUT2D eigenvalue weighted by Crippen LogP contribution is 2.25. The summed E-state index contributed by atoms with van der Waals surface area (Å²) in [4.78, 5) is 0.173. The van der Waals surface area contributed by atoms with Crippen LogP contribution in [-0.2, 0) is 9.84 Å². The van der Waals surface area contributed by atoms with Crippen molar-refractivity contribution in [2.24, 2.45) is 0 Å². The molecule has 3 aromatic rings. The zero-order valence-electron chi connectivity index (χ0n) is 11.9. The van der Waals surface area contributed by atoms with Crippen LogP contribution in [0.4, 0.5) is 0 Å². The third-order valence-electron chi connectivity index (χ3n) is 3.30. The van der Waals surface area contributed by atoms with Gasteiger partial charge < -0.3 is 0 Å². The van der Waals surface area contributed by atoms with E-state index in [1.54, 1.807) is 43.3 Å². The van der Waals surface area contributed by atoms with Crippen molar-refractivity contribution in [2.75, 3.05) is 0 Å². The minimum Gasteiger partial charge on any atom is -0.217 e. The van der Waals surface area contributed by atoms with E-state index < -0.39 is 9.84 Å². The maximum absolute atomic E-state index is 12.7. The molecule has 2 aromatic carbocycles. The summed E-state index contributed by atoms with van der Waals surface area (Å²) in [7, 11) is -3.72. The van der Waals surface area contributed by atoms with Crippen LogP contribution in [0.1, 0.15) is 5.69 Å². The predicted octanol–water partition coefficient (Wildman–Crippen LogP) is 3.82. The zero-order chi connectivity index (χ0) is 16.6. The molecule has 0 saturated heterocycles. The summed E-state index contributed by atoms with van der Waals surface area (Å²) in [6, 6.07) is 13.3. The monoisotopic (exact) mass is 411 g/mol. The fourth-order valence-corrected chi connectivity index (χ4v) is 3.84. The third kappa shape index (κ3) is 3.04. The molecule has 0 spiro atoms. The molecule has 3 rings (SSSR count). The molecule has 118 valence electrons. The first-order valence-electron chi connectivity index (χ1n) is 6.58. The predicted molar refractivity (Wildman–Crippen MR) is 90.7 cm³/mol. The van der Waals surface area contributed by atoms with E-state index in [9.17, 15) is 8.42 Å². The number of rotatable bonds is 3. The molecule has 0 atom stereocenters. The molecule has 8 heteroatoms. The van der Waals surface area contributed by atoms with E-state index in [1.165, 1.54) is 16.8 Å². The van der Waals surface area contributed by atoms with Gasteiger partial charge in [0, 0.05) is 9.50 Å². The number of sulfone groups is 1. The van der Waals surface area contributed by atoms with E-state index in [1.807, 2.05) is 0 Å². The standard InChI is InChI=1S/C15H11BrClN3O2S/c1-10-15(23(21,22)14-8-2-11(16)3-9-14)18-19-20(10)13-6-4-12(17)5-7-13/h2-9H,1H3. The van der Waals surface area contributed by atoms with Gasteiger partial charge in [0.15, 0.2) is 0 Å². The lowest BCUT2D eigenvalue weighted by Crippen LogP contribution is -2.05. The van der Waals surface area contributed by atoms with Gasteiger partial charge in [-0.25, -0.2) is 13.1 Å². The first-order valence-corrected chi connectivity index (χ1v) is 9.24. The van der Waals surface area contributed by atoms with Gasteiger partial charge in [-0.2, -0.15) is 0 Å². The fourth-order valence-electron chi connectivity index (χ4n) is 2.12. The second kappa shape index (κ2) is 6.07. The summed E-state index contributed by atoms with van der Waals surface area (Å²) in [5.41, 5.74) is 1.13. The van der Waals surface area contributed by atoms with Crippen LogP contribution < -0.4 is 0 Å². The van der Waals surface area contributed by atoms with Gasteiger partial charge in [0.05, 0.1) is 16.3 Å². The first kappa shape index (κ1) is 16.2. The maximum Gasteiger partial charge on any atom is 0.227 e. The Balaban J connectivity index is 2.08. The molecule has 23 heavy (non-hydrogen) atoms. The van der Waals surface area contributed by atoms with E-state index in [2.05, 4.69) is 26.2 Å². The van der Waals surface area contributed by atoms with Crippen molar-refractivity contribution in [1.29, 1.82) is 0 Å². The lowest BCUT2D eigenvalue weighted by Gasteiger charge is -2.05. The van der Waals surface area contributed by atoms with Crippen molar-refractivity contribution >= 4 is 37.4 Å². The Morgan fingerprint density at radius 3 is 2.26 bits per heavy atom. The lowest BCUT2D eigenvalue weighted by molar-refractivity contribution is 0.591. The number of benzene rings is 2. The van der Waals surface area contributed by atoms with E-state index in [4.69, 9.17) is 11.6 Å². The van der Waals surface area contributed by atoms with E-state index in [0.29, 0.717) is 16.4 Å². The molecule has 0 aliphatic heterocycles. The van der Waals surface area contributed by atoms with Gasteiger partial charge in [0.2, 0.25) is 14.9 Å². The van der Waals surface area contributed by atoms with E-state index in [0.717, 1.165) is 4.47 Å². The zero-order valence-corrected chi connectivity index (χ0v) is 15.1. The third-order valence-corrected chi connectivity index (χ3v) is 5.86. The quantitative estimate of drug-likeness (QED) is 0.656. The highest BCUT2D eigenvalue weighted by Gasteiger charge is 2.25. The molecule has 0 aliphatic rings. The Morgan fingerprint density at radius 2 is 1.65 bits per heavy atom. The van der Waals surface area contributed by atoms with Crippen LogP contribution in [0, 0.1) is 6.92 Å². The second-order valence-corrected chi connectivity index (χ2v) is 8.04. The number of hydrogen-bond acceptors (Lipinski definition) is 4. The summed E-state index contributed by atoms with van der Waals surface area (Å²) < 4.78 is 27.7. The van der Waals surface area contributed by atoms with E-state index in [-0.39, 0.29) is 9.92 Å². The normalized spacial score (nSPS) is 11.6. The molecule has 0 saturated carbocycles. The molecule has 0 unspecified atom stereocenters. The molecule has 1 aromatic heterocycles. The fraction of sp³-hybridized carbons (Fsp3) is 0.0667. The van der Waals surface area contributed by atoms with Crippen LogP contribution in [0.15, 0.2) is 62.9 Å². The Hall–Kier alpha value is -1.70. The number of nitrogens with zero attached hydrogens (tertiary/aromatic N) is 3. The molecular formula is C15H11BrClN3O2S. The van der Waals surface area contributed by atoms with Crippen LogP contribution in [0.2, 0.25) is 5.02 Å². The van der Waals surface area contributed by atoms with Gasteiger partial charge in [0.25, 0.3) is 0 Å². The molecule has 5 nitrogen and oxygen atoms in total. The number of halogens is 2. The summed E-state index contributed by atoms with van der Waals surface area (Å²) in [6.07, 6.45) is 0. The summed E-state index contributed by atoms with van der Waals surface area (Å²) in [5.74, 6) is 0. The van der Waals surface area contributed by atoms with Gasteiger partial charge >= 0.3 is 0 Å². The molecular weight excluding hydrogens is 402 g/mol. The summed E-state index contributed by atoms with van der Waals surface area (Å²) in [5, 5.41) is 8.36. The molecule has 0 amide bonds. The van der Waals surface area contributed by atoms with Crippen molar-refractivity contribution in [1.82, 2.24) is 15.0 Å². The summed E-state index contributed by atoms with van der Waals surface area (Å²) in [6.45, 7) is 1.67. The Morgan fingerprint density at radius 1 is 1.04 bits per heavy atom. The Bertz CT molecular complexity index is 951. The highest BCUT2D eigenvalue weighted by atomic mass is 79.9. The highest BCUT2D eigenvalue weighted by molar-refractivity contribution is 9.10.